The molecule has 1 aromatic rings. The molecule has 5 heteroatoms. The first-order chi connectivity index (χ1) is 6.77. The van der Waals surface area contributed by atoms with Crippen LogP contribution in [0.1, 0.15) is 6.92 Å². The van der Waals surface area contributed by atoms with Crippen molar-refractivity contribution in [3.63, 3.8) is 0 Å². The van der Waals surface area contributed by atoms with E-state index in [-0.39, 0.29) is 12.5 Å². The molecule has 0 radical (unpaired) electrons. The van der Waals surface area contributed by atoms with Gasteiger partial charge in [-0.25, -0.2) is 4.98 Å². The van der Waals surface area contributed by atoms with Crippen LogP contribution in [0.25, 0.3) is 0 Å². The van der Waals surface area contributed by atoms with Crippen molar-refractivity contribution in [3.05, 3.63) is 12.0 Å². The second-order valence-electron chi connectivity index (χ2n) is 2.37. The fourth-order valence-electron chi connectivity index (χ4n) is 0.806. The summed E-state index contributed by atoms with van der Waals surface area (Å²) in [6, 6.07) is 0. The van der Waals surface area contributed by atoms with E-state index in [0.29, 0.717) is 12.5 Å². The standard InChI is InChI=1S/C9H10FN3O/c1-3-5-14-8-7(10)6-12-9(13-8)11-4-2/h1,6H,4-5H2,2H3,(H,11,12,13). The number of rotatable bonds is 4. The lowest BCUT2D eigenvalue weighted by Gasteiger charge is -2.05. The topological polar surface area (TPSA) is 47.0 Å². The van der Waals surface area contributed by atoms with Crippen LogP contribution in [0.3, 0.4) is 0 Å². The number of aromatic nitrogens is 2. The predicted octanol–water partition coefficient (Wildman–Crippen LogP) is 1.06. The van der Waals surface area contributed by atoms with Crippen LogP contribution >= 0.6 is 0 Å². The van der Waals surface area contributed by atoms with E-state index in [9.17, 15) is 4.39 Å². The Morgan fingerprint density at radius 3 is 3.14 bits per heavy atom. The van der Waals surface area contributed by atoms with Gasteiger partial charge < -0.3 is 10.1 Å². The molecule has 0 spiro atoms. The van der Waals surface area contributed by atoms with Crippen molar-refractivity contribution in [2.24, 2.45) is 0 Å². The Morgan fingerprint density at radius 1 is 1.71 bits per heavy atom. The molecule has 4 nitrogen and oxygen atoms in total. The number of hydrogen-bond donors (Lipinski definition) is 1. The van der Waals surface area contributed by atoms with Crippen LogP contribution in [0.4, 0.5) is 10.3 Å². The van der Waals surface area contributed by atoms with Crippen molar-refractivity contribution in [2.45, 2.75) is 6.92 Å². The summed E-state index contributed by atoms with van der Waals surface area (Å²) in [5.74, 6) is 1.79. The van der Waals surface area contributed by atoms with E-state index in [0.717, 1.165) is 6.20 Å². The lowest BCUT2D eigenvalue weighted by molar-refractivity contribution is 0.331. The van der Waals surface area contributed by atoms with E-state index >= 15 is 0 Å². The molecule has 0 saturated heterocycles. The van der Waals surface area contributed by atoms with E-state index in [4.69, 9.17) is 11.2 Å². The van der Waals surface area contributed by atoms with Gasteiger partial charge in [0, 0.05) is 6.54 Å². The first-order valence-electron chi connectivity index (χ1n) is 4.10. The number of nitrogens with one attached hydrogen (secondary N) is 1. The maximum Gasteiger partial charge on any atom is 0.256 e. The van der Waals surface area contributed by atoms with Gasteiger partial charge >= 0.3 is 0 Å². The summed E-state index contributed by atoms with van der Waals surface area (Å²) in [6.07, 6.45) is 6.01. The molecule has 0 aliphatic heterocycles. The number of hydrogen-bond acceptors (Lipinski definition) is 4. The molecule has 0 bridgehead atoms. The van der Waals surface area contributed by atoms with Crippen LogP contribution in [0, 0.1) is 18.2 Å². The fraction of sp³-hybridized carbons (Fsp3) is 0.333. The van der Waals surface area contributed by atoms with E-state index in [2.05, 4.69) is 21.2 Å². The second-order valence-corrected chi connectivity index (χ2v) is 2.37. The van der Waals surface area contributed by atoms with E-state index < -0.39 is 5.82 Å². The van der Waals surface area contributed by atoms with Crippen LogP contribution in [-0.2, 0) is 0 Å². The van der Waals surface area contributed by atoms with Gasteiger partial charge in [-0.05, 0) is 6.92 Å². The molecule has 74 valence electrons. The molecule has 0 amide bonds. The molecule has 0 saturated carbocycles. The molecule has 0 aliphatic rings. The van der Waals surface area contributed by atoms with Gasteiger partial charge in [0.2, 0.25) is 11.8 Å². The lowest BCUT2D eigenvalue weighted by atomic mass is 10.6. The zero-order valence-electron chi connectivity index (χ0n) is 7.75. The van der Waals surface area contributed by atoms with Crippen molar-refractivity contribution in [3.8, 4) is 18.2 Å². The summed E-state index contributed by atoms with van der Waals surface area (Å²) in [5.41, 5.74) is 0. The average molecular weight is 195 g/mol. The Hall–Kier alpha value is -1.83. The smallest absolute Gasteiger partial charge is 0.256 e. The summed E-state index contributed by atoms with van der Waals surface area (Å²) in [4.78, 5) is 7.49. The minimum Gasteiger partial charge on any atom is -0.462 e. The summed E-state index contributed by atoms with van der Waals surface area (Å²) in [5, 5.41) is 2.83. The van der Waals surface area contributed by atoms with Crippen molar-refractivity contribution in [1.82, 2.24) is 9.97 Å². The van der Waals surface area contributed by atoms with Crippen LogP contribution in [-0.4, -0.2) is 23.1 Å². The molecule has 1 aromatic heterocycles. The molecule has 0 atom stereocenters. The molecule has 0 fully saturated rings. The number of terminal acetylenes is 1. The monoisotopic (exact) mass is 195 g/mol. The number of ether oxygens (including phenoxy) is 1. The summed E-state index contributed by atoms with van der Waals surface area (Å²) < 4.78 is 17.9. The lowest BCUT2D eigenvalue weighted by Crippen LogP contribution is -2.06. The van der Waals surface area contributed by atoms with Gasteiger partial charge in [-0.1, -0.05) is 5.92 Å². The van der Waals surface area contributed by atoms with Gasteiger partial charge in [0.05, 0.1) is 6.20 Å². The maximum atomic E-state index is 13.0. The molecule has 1 heterocycles. The SMILES string of the molecule is C#CCOc1nc(NCC)ncc1F. The van der Waals surface area contributed by atoms with Crippen molar-refractivity contribution in [2.75, 3.05) is 18.5 Å². The maximum absolute atomic E-state index is 13.0. The van der Waals surface area contributed by atoms with Crippen LogP contribution in [0.5, 0.6) is 5.88 Å². The number of nitrogens with zero attached hydrogens (tertiary/aromatic N) is 2. The zero-order valence-corrected chi connectivity index (χ0v) is 7.75. The van der Waals surface area contributed by atoms with E-state index in [1.807, 2.05) is 6.92 Å². The molecular formula is C9H10FN3O. The molecule has 0 unspecified atom stereocenters. The Labute approximate surface area is 81.5 Å². The van der Waals surface area contributed by atoms with E-state index in [1.54, 1.807) is 0 Å². The molecular weight excluding hydrogens is 185 g/mol. The summed E-state index contributed by atoms with van der Waals surface area (Å²) >= 11 is 0. The Kier molecular flexibility index (Phi) is 3.68. The largest absolute Gasteiger partial charge is 0.462 e. The van der Waals surface area contributed by atoms with Gasteiger partial charge in [-0.15, -0.1) is 6.42 Å². The van der Waals surface area contributed by atoms with Gasteiger partial charge in [-0.2, -0.15) is 9.37 Å². The minimum absolute atomic E-state index is 0.0144. The quantitative estimate of drug-likeness (QED) is 0.730. The molecule has 14 heavy (non-hydrogen) atoms. The third kappa shape index (κ3) is 2.59. The first kappa shape index (κ1) is 10.3. The number of anilines is 1. The van der Waals surface area contributed by atoms with Crippen molar-refractivity contribution < 1.29 is 9.13 Å². The normalized spacial score (nSPS) is 9.21. The van der Waals surface area contributed by atoms with Crippen LogP contribution in [0.2, 0.25) is 0 Å². The highest BCUT2D eigenvalue weighted by Gasteiger charge is 2.06. The molecule has 0 aromatic carbocycles. The highest BCUT2D eigenvalue weighted by molar-refractivity contribution is 5.28. The Balaban J connectivity index is 2.80. The van der Waals surface area contributed by atoms with Gasteiger partial charge in [0.25, 0.3) is 5.88 Å². The van der Waals surface area contributed by atoms with Gasteiger partial charge in [-0.3, -0.25) is 0 Å². The third-order valence-corrected chi connectivity index (χ3v) is 1.34. The van der Waals surface area contributed by atoms with Crippen molar-refractivity contribution >= 4 is 5.95 Å². The molecule has 0 aliphatic carbocycles. The number of halogens is 1. The van der Waals surface area contributed by atoms with E-state index in [1.165, 1.54) is 0 Å². The highest BCUT2D eigenvalue weighted by Crippen LogP contribution is 2.13. The third-order valence-electron chi connectivity index (χ3n) is 1.34. The Morgan fingerprint density at radius 2 is 2.50 bits per heavy atom. The Bertz CT molecular complexity index is 348. The van der Waals surface area contributed by atoms with Gasteiger partial charge in [0.15, 0.2) is 6.61 Å². The van der Waals surface area contributed by atoms with Crippen LogP contribution in [0.15, 0.2) is 6.20 Å². The summed E-state index contributed by atoms with van der Waals surface area (Å²) in [7, 11) is 0. The van der Waals surface area contributed by atoms with Crippen LogP contribution < -0.4 is 10.1 Å². The summed E-state index contributed by atoms with van der Waals surface area (Å²) in [6.45, 7) is 2.52. The average Bonchev–Trinajstić information content (AvgIpc) is 2.19. The second kappa shape index (κ2) is 5.02. The first-order valence-corrected chi connectivity index (χ1v) is 4.10. The molecule has 1 rings (SSSR count). The zero-order chi connectivity index (χ0) is 10.4. The predicted molar refractivity (Wildman–Crippen MR) is 50.5 cm³/mol. The van der Waals surface area contributed by atoms with Crippen molar-refractivity contribution in [1.29, 1.82) is 0 Å². The molecule has 1 N–H and O–H groups in total. The highest BCUT2D eigenvalue weighted by atomic mass is 19.1. The minimum atomic E-state index is -0.623. The fourth-order valence-corrected chi connectivity index (χ4v) is 0.806. The van der Waals surface area contributed by atoms with Gasteiger partial charge in [0.1, 0.15) is 0 Å².